The molecule has 0 aliphatic carbocycles. The topological polar surface area (TPSA) is 20.3 Å². The molecule has 0 spiro atoms. The van der Waals surface area contributed by atoms with Gasteiger partial charge in [0.2, 0.25) is 0 Å². The molecule has 2 aromatic rings. The standard InChI is InChI=1S/C17H15NO/c1-18-12-14(15-9-5-6-10-16(15)18)11-17(19)13-7-3-2-4-8-13/h2-11H,12H2,1H3. The molecule has 19 heavy (non-hydrogen) atoms. The van der Waals surface area contributed by atoms with Crippen molar-refractivity contribution in [1.29, 1.82) is 0 Å². The molecule has 0 atom stereocenters. The Labute approximate surface area is 113 Å². The number of benzene rings is 2. The molecule has 0 N–H and O–H groups in total. The molecule has 0 aromatic heterocycles. The van der Waals surface area contributed by atoms with Gasteiger partial charge in [0.15, 0.2) is 5.78 Å². The number of rotatable bonds is 2. The Balaban J connectivity index is 1.96. The molecule has 0 unspecified atom stereocenters. The van der Waals surface area contributed by atoms with Gasteiger partial charge in [0.1, 0.15) is 0 Å². The second-order valence-electron chi connectivity index (χ2n) is 4.77. The lowest BCUT2D eigenvalue weighted by molar-refractivity contribution is 0.104. The summed E-state index contributed by atoms with van der Waals surface area (Å²) in [6.45, 7) is 0.790. The minimum Gasteiger partial charge on any atom is -0.370 e. The van der Waals surface area contributed by atoms with Crippen molar-refractivity contribution >= 4 is 17.0 Å². The number of nitrogens with zero attached hydrogens (tertiary/aromatic N) is 1. The van der Waals surface area contributed by atoms with Gasteiger partial charge in [0, 0.05) is 30.4 Å². The summed E-state index contributed by atoms with van der Waals surface area (Å²) in [7, 11) is 2.05. The van der Waals surface area contributed by atoms with E-state index >= 15 is 0 Å². The van der Waals surface area contributed by atoms with E-state index in [1.165, 1.54) is 5.69 Å². The predicted molar refractivity (Wildman–Crippen MR) is 78.5 cm³/mol. The number of ketones is 1. The average molecular weight is 249 g/mol. The van der Waals surface area contributed by atoms with Crippen LogP contribution in [0, 0.1) is 0 Å². The fourth-order valence-electron chi connectivity index (χ4n) is 2.47. The van der Waals surface area contributed by atoms with Crippen LogP contribution in [0.25, 0.3) is 5.57 Å². The number of carbonyl (C=O) groups excluding carboxylic acids is 1. The summed E-state index contributed by atoms with van der Waals surface area (Å²) in [6, 6.07) is 17.6. The third kappa shape index (κ3) is 2.17. The summed E-state index contributed by atoms with van der Waals surface area (Å²) in [5.74, 6) is 0.0701. The summed E-state index contributed by atoms with van der Waals surface area (Å²) in [5.41, 5.74) is 4.18. The lowest BCUT2D eigenvalue weighted by atomic mass is 10.0. The van der Waals surface area contributed by atoms with Crippen molar-refractivity contribution in [3.63, 3.8) is 0 Å². The zero-order valence-electron chi connectivity index (χ0n) is 10.8. The molecule has 1 heterocycles. The zero-order chi connectivity index (χ0) is 13.2. The minimum absolute atomic E-state index is 0.0701. The molecule has 3 rings (SSSR count). The molecule has 2 aromatic carbocycles. The van der Waals surface area contributed by atoms with E-state index in [1.807, 2.05) is 49.5 Å². The second-order valence-corrected chi connectivity index (χ2v) is 4.77. The van der Waals surface area contributed by atoms with Crippen LogP contribution in [0.5, 0.6) is 0 Å². The fourth-order valence-corrected chi connectivity index (χ4v) is 2.47. The number of carbonyl (C=O) groups is 1. The van der Waals surface area contributed by atoms with E-state index < -0.39 is 0 Å². The van der Waals surface area contributed by atoms with E-state index in [0.717, 1.165) is 23.2 Å². The van der Waals surface area contributed by atoms with Gasteiger partial charge in [-0.1, -0.05) is 48.5 Å². The van der Waals surface area contributed by atoms with E-state index in [0.29, 0.717) is 0 Å². The Morgan fingerprint density at radius 2 is 1.74 bits per heavy atom. The van der Waals surface area contributed by atoms with Gasteiger partial charge in [-0.15, -0.1) is 0 Å². The maximum Gasteiger partial charge on any atom is 0.186 e. The van der Waals surface area contributed by atoms with Gasteiger partial charge in [-0.2, -0.15) is 0 Å². The first kappa shape index (κ1) is 11.7. The third-order valence-corrected chi connectivity index (χ3v) is 3.43. The van der Waals surface area contributed by atoms with Crippen LogP contribution in [-0.2, 0) is 0 Å². The van der Waals surface area contributed by atoms with Crippen molar-refractivity contribution in [3.8, 4) is 0 Å². The number of fused-ring (bicyclic) bond motifs is 1. The van der Waals surface area contributed by atoms with Gasteiger partial charge in [-0.05, 0) is 17.7 Å². The van der Waals surface area contributed by atoms with Crippen LogP contribution in [0.2, 0.25) is 0 Å². The summed E-state index contributed by atoms with van der Waals surface area (Å²) < 4.78 is 0. The van der Waals surface area contributed by atoms with E-state index in [4.69, 9.17) is 0 Å². The van der Waals surface area contributed by atoms with Gasteiger partial charge in [0.05, 0.1) is 0 Å². The first-order valence-electron chi connectivity index (χ1n) is 6.36. The first-order valence-corrected chi connectivity index (χ1v) is 6.36. The van der Waals surface area contributed by atoms with Crippen molar-refractivity contribution in [2.24, 2.45) is 0 Å². The minimum atomic E-state index is 0.0701. The Bertz CT molecular complexity index is 643. The Kier molecular flexibility index (Phi) is 2.92. The van der Waals surface area contributed by atoms with E-state index in [1.54, 1.807) is 6.08 Å². The van der Waals surface area contributed by atoms with Crippen molar-refractivity contribution in [3.05, 3.63) is 71.8 Å². The van der Waals surface area contributed by atoms with E-state index in [-0.39, 0.29) is 5.78 Å². The largest absolute Gasteiger partial charge is 0.370 e. The molecule has 0 bridgehead atoms. The highest BCUT2D eigenvalue weighted by atomic mass is 16.1. The third-order valence-electron chi connectivity index (χ3n) is 3.43. The van der Waals surface area contributed by atoms with Crippen molar-refractivity contribution in [1.82, 2.24) is 0 Å². The van der Waals surface area contributed by atoms with Crippen molar-refractivity contribution < 1.29 is 4.79 Å². The number of anilines is 1. The number of allylic oxidation sites excluding steroid dienone is 1. The fraction of sp³-hybridized carbons (Fsp3) is 0.118. The van der Waals surface area contributed by atoms with Crippen LogP contribution in [-0.4, -0.2) is 19.4 Å². The number of hydrogen-bond acceptors (Lipinski definition) is 2. The molecule has 0 saturated heterocycles. The predicted octanol–water partition coefficient (Wildman–Crippen LogP) is 3.40. The summed E-state index contributed by atoms with van der Waals surface area (Å²) in [5, 5.41) is 0. The van der Waals surface area contributed by atoms with E-state index in [9.17, 15) is 4.79 Å². The maximum absolute atomic E-state index is 12.2. The second kappa shape index (κ2) is 4.73. The molecule has 0 amide bonds. The molecular weight excluding hydrogens is 234 g/mol. The molecule has 2 nitrogen and oxygen atoms in total. The molecule has 0 radical (unpaired) electrons. The summed E-state index contributed by atoms with van der Waals surface area (Å²) in [4.78, 5) is 14.4. The molecule has 0 fully saturated rings. The lowest BCUT2D eigenvalue weighted by Crippen LogP contribution is -2.12. The Morgan fingerprint density at radius 1 is 1.05 bits per heavy atom. The quantitative estimate of drug-likeness (QED) is 0.600. The van der Waals surface area contributed by atoms with Gasteiger partial charge in [0.25, 0.3) is 0 Å². The molecule has 1 aliphatic rings. The highest BCUT2D eigenvalue weighted by Gasteiger charge is 2.20. The molecule has 0 saturated carbocycles. The number of likely N-dealkylation sites (N-methyl/N-ethyl adjacent to an activating group) is 1. The van der Waals surface area contributed by atoms with Crippen molar-refractivity contribution in [2.45, 2.75) is 0 Å². The van der Waals surface area contributed by atoms with Crippen LogP contribution < -0.4 is 4.90 Å². The maximum atomic E-state index is 12.2. The molecular formula is C17H15NO. The lowest BCUT2D eigenvalue weighted by Gasteiger charge is -2.09. The van der Waals surface area contributed by atoms with Crippen molar-refractivity contribution in [2.75, 3.05) is 18.5 Å². The van der Waals surface area contributed by atoms with Crippen LogP contribution in [0.1, 0.15) is 15.9 Å². The molecule has 1 aliphatic heterocycles. The SMILES string of the molecule is CN1CC(=CC(=O)c2ccccc2)c2ccccc21. The highest BCUT2D eigenvalue weighted by molar-refractivity contribution is 6.10. The van der Waals surface area contributed by atoms with Crippen LogP contribution in [0.3, 0.4) is 0 Å². The number of para-hydroxylation sites is 1. The molecule has 2 heteroatoms. The van der Waals surface area contributed by atoms with Gasteiger partial charge >= 0.3 is 0 Å². The van der Waals surface area contributed by atoms with Gasteiger partial charge in [-0.25, -0.2) is 0 Å². The highest BCUT2D eigenvalue weighted by Crippen LogP contribution is 2.34. The average Bonchev–Trinajstić information content (AvgIpc) is 2.77. The zero-order valence-corrected chi connectivity index (χ0v) is 10.8. The van der Waals surface area contributed by atoms with E-state index in [2.05, 4.69) is 17.0 Å². The van der Waals surface area contributed by atoms with Crippen LogP contribution >= 0.6 is 0 Å². The van der Waals surface area contributed by atoms with Gasteiger partial charge < -0.3 is 4.90 Å². The van der Waals surface area contributed by atoms with Crippen LogP contribution in [0.4, 0.5) is 5.69 Å². The molecule has 94 valence electrons. The normalized spacial score (nSPS) is 15.6. The first-order chi connectivity index (χ1) is 9.25. The Morgan fingerprint density at radius 3 is 2.53 bits per heavy atom. The summed E-state index contributed by atoms with van der Waals surface area (Å²) in [6.07, 6.45) is 1.76. The van der Waals surface area contributed by atoms with Gasteiger partial charge in [-0.3, -0.25) is 4.79 Å². The Hall–Kier alpha value is -2.35. The summed E-state index contributed by atoms with van der Waals surface area (Å²) >= 11 is 0. The smallest absolute Gasteiger partial charge is 0.186 e. The van der Waals surface area contributed by atoms with Crippen LogP contribution in [0.15, 0.2) is 60.7 Å². The number of hydrogen-bond donors (Lipinski definition) is 0. The monoisotopic (exact) mass is 249 g/mol.